The van der Waals surface area contributed by atoms with Gasteiger partial charge in [-0.3, -0.25) is 4.79 Å². The molecule has 0 spiro atoms. The van der Waals surface area contributed by atoms with E-state index in [0.29, 0.717) is 34.8 Å². The molecule has 0 aliphatic rings. The Morgan fingerprint density at radius 3 is 2.52 bits per heavy atom. The number of carbonyl (C=O) groups excluding carboxylic acids is 1. The van der Waals surface area contributed by atoms with E-state index in [1.54, 1.807) is 24.4 Å². The smallest absolute Gasteiger partial charge is 0.244 e. The average molecular weight is 485 g/mol. The van der Waals surface area contributed by atoms with Crippen LogP contribution in [0.2, 0.25) is 10.0 Å². The molecule has 5 nitrogen and oxygen atoms in total. The van der Waals surface area contributed by atoms with E-state index in [9.17, 15) is 4.79 Å². The third kappa shape index (κ3) is 7.24. The van der Waals surface area contributed by atoms with E-state index >= 15 is 0 Å². The minimum atomic E-state index is -0.176. The lowest BCUT2D eigenvalue weighted by atomic mass is 10.0. The lowest BCUT2D eigenvalue weighted by Crippen LogP contribution is -2.20. The standard InChI is InChI=1S/C26H26Cl2N2O3/c1-4-32-25-13-19(7-10-24(25)33-16-20-6-9-22(27)23(28)12-20)15-29-30-26(31)14-21-8-5-17(2)11-18(21)3/h5-13,15H,4,14,16H2,1-3H3,(H,30,31)/b29-15-. The van der Waals surface area contributed by atoms with E-state index in [4.69, 9.17) is 32.7 Å². The SMILES string of the molecule is CCOc1cc(/C=N\NC(=O)Cc2ccc(C)cc2C)ccc1OCc1ccc(Cl)c(Cl)c1. The highest BCUT2D eigenvalue weighted by Gasteiger charge is 2.08. The van der Waals surface area contributed by atoms with Gasteiger partial charge in [0.2, 0.25) is 5.91 Å². The Morgan fingerprint density at radius 2 is 1.79 bits per heavy atom. The Bertz CT molecular complexity index is 1160. The van der Waals surface area contributed by atoms with Crippen LogP contribution in [0.15, 0.2) is 59.7 Å². The molecule has 0 radical (unpaired) electrons. The first-order valence-corrected chi connectivity index (χ1v) is 11.3. The van der Waals surface area contributed by atoms with Crippen molar-refractivity contribution < 1.29 is 14.3 Å². The van der Waals surface area contributed by atoms with Gasteiger partial charge in [0, 0.05) is 0 Å². The number of amides is 1. The summed E-state index contributed by atoms with van der Waals surface area (Å²) < 4.78 is 11.6. The van der Waals surface area contributed by atoms with Gasteiger partial charge in [-0.05, 0) is 73.4 Å². The lowest BCUT2D eigenvalue weighted by Gasteiger charge is -2.13. The molecule has 0 bridgehead atoms. The van der Waals surface area contributed by atoms with Gasteiger partial charge in [0.1, 0.15) is 6.61 Å². The quantitative estimate of drug-likeness (QED) is 0.287. The highest BCUT2D eigenvalue weighted by Crippen LogP contribution is 2.30. The van der Waals surface area contributed by atoms with E-state index in [2.05, 4.69) is 16.6 Å². The molecule has 1 N–H and O–H groups in total. The summed E-state index contributed by atoms with van der Waals surface area (Å²) >= 11 is 12.0. The summed E-state index contributed by atoms with van der Waals surface area (Å²) in [6.07, 6.45) is 1.85. The van der Waals surface area contributed by atoms with Gasteiger partial charge in [0.15, 0.2) is 11.5 Å². The third-order valence-electron chi connectivity index (χ3n) is 4.90. The fourth-order valence-electron chi connectivity index (χ4n) is 3.22. The van der Waals surface area contributed by atoms with Gasteiger partial charge in [0.25, 0.3) is 0 Å². The van der Waals surface area contributed by atoms with Gasteiger partial charge >= 0.3 is 0 Å². The molecule has 0 atom stereocenters. The number of aryl methyl sites for hydroxylation is 2. The maximum Gasteiger partial charge on any atom is 0.244 e. The molecule has 0 unspecified atom stereocenters. The molecule has 7 heteroatoms. The Labute approximate surface area is 204 Å². The summed E-state index contributed by atoms with van der Waals surface area (Å²) in [5.41, 5.74) is 7.48. The zero-order chi connectivity index (χ0) is 23.8. The number of hydrogen-bond acceptors (Lipinski definition) is 4. The van der Waals surface area contributed by atoms with Crippen molar-refractivity contribution in [2.24, 2.45) is 5.10 Å². The molecule has 33 heavy (non-hydrogen) atoms. The van der Waals surface area contributed by atoms with Crippen LogP contribution < -0.4 is 14.9 Å². The molecule has 0 aromatic heterocycles. The summed E-state index contributed by atoms with van der Waals surface area (Å²) in [4.78, 5) is 12.2. The van der Waals surface area contributed by atoms with Gasteiger partial charge in [0.05, 0.1) is 29.3 Å². The number of hydrogen-bond donors (Lipinski definition) is 1. The van der Waals surface area contributed by atoms with Crippen LogP contribution in [0.1, 0.15) is 34.7 Å². The van der Waals surface area contributed by atoms with Crippen molar-refractivity contribution in [3.05, 3.63) is 92.5 Å². The minimum absolute atomic E-state index is 0.176. The maximum absolute atomic E-state index is 12.2. The van der Waals surface area contributed by atoms with Gasteiger partial charge in [-0.2, -0.15) is 5.10 Å². The number of carbonyl (C=O) groups is 1. The molecule has 3 rings (SSSR count). The molecule has 172 valence electrons. The van der Waals surface area contributed by atoms with Crippen LogP contribution in [0.4, 0.5) is 0 Å². The molecule has 3 aromatic carbocycles. The monoisotopic (exact) mass is 484 g/mol. The molecule has 1 amide bonds. The van der Waals surface area contributed by atoms with Crippen LogP contribution in [-0.4, -0.2) is 18.7 Å². The van der Waals surface area contributed by atoms with E-state index < -0.39 is 0 Å². The number of hydrazone groups is 1. The molecule has 0 aliphatic carbocycles. The number of halogens is 2. The topological polar surface area (TPSA) is 59.9 Å². The Morgan fingerprint density at radius 1 is 0.970 bits per heavy atom. The molecule has 0 heterocycles. The second-order valence-corrected chi connectivity index (χ2v) is 8.39. The minimum Gasteiger partial charge on any atom is -0.490 e. The molecule has 3 aromatic rings. The van der Waals surface area contributed by atoms with Crippen molar-refractivity contribution in [1.82, 2.24) is 5.43 Å². The number of ether oxygens (including phenoxy) is 2. The second kappa shape index (κ2) is 11.7. The largest absolute Gasteiger partial charge is 0.490 e. The first-order chi connectivity index (χ1) is 15.9. The van der Waals surface area contributed by atoms with Crippen LogP contribution in [0.3, 0.4) is 0 Å². The van der Waals surface area contributed by atoms with Crippen molar-refractivity contribution in [2.45, 2.75) is 33.8 Å². The molecule has 0 fully saturated rings. The van der Waals surface area contributed by atoms with Crippen LogP contribution >= 0.6 is 23.2 Å². The van der Waals surface area contributed by atoms with E-state index in [1.165, 1.54) is 5.56 Å². The Balaban J connectivity index is 1.62. The molecule has 0 aliphatic heterocycles. The zero-order valence-corrected chi connectivity index (χ0v) is 20.3. The van der Waals surface area contributed by atoms with Crippen LogP contribution in [0.5, 0.6) is 11.5 Å². The molecule has 0 saturated carbocycles. The summed E-state index contributed by atoms with van der Waals surface area (Å²) in [5, 5.41) is 5.06. The lowest BCUT2D eigenvalue weighted by molar-refractivity contribution is -0.120. The number of nitrogens with zero attached hydrogens (tertiary/aromatic N) is 1. The highest BCUT2D eigenvalue weighted by atomic mass is 35.5. The Hall–Kier alpha value is -3.02. The predicted molar refractivity (Wildman–Crippen MR) is 134 cm³/mol. The third-order valence-corrected chi connectivity index (χ3v) is 5.64. The van der Waals surface area contributed by atoms with Crippen molar-refractivity contribution >= 4 is 35.3 Å². The summed E-state index contributed by atoms with van der Waals surface area (Å²) in [5.74, 6) is 1.01. The normalized spacial score (nSPS) is 10.9. The average Bonchev–Trinajstić information content (AvgIpc) is 2.78. The van der Waals surface area contributed by atoms with E-state index in [0.717, 1.165) is 22.3 Å². The van der Waals surface area contributed by atoms with Crippen molar-refractivity contribution in [2.75, 3.05) is 6.61 Å². The van der Waals surface area contributed by atoms with Crippen molar-refractivity contribution in [3.8, 4) is 11.5 Å². The van der Waals surface area contributed by atoms with Crippen LogP contribution in [0, 0.1) is 13.8 Å². The number of rotatable bonds is 9. The molecular weight excluding hydrogens is 459 g/mol. The van der Waals surface area contributed by atoms with E-state index in [1.807, 2.05) is 51.1 Å². The fraction of sp³-hybridized carbons (Fsp3) is 0.231. The van der Waals surface area contributed by atoms with Gasteiger partial charge in [-0.15, -0.1) is 0 Å². The van der Waals surface area contributed by atoms with Gasteiger partial charge < -0.3 is 9.47 Å². The Kier molecular flexibility index (Phi) is 8.75. The van der Waals surface area contributed by atoms with Crippen molar-refractivity contribution in [1.29, 1.82) is 0 Å². The zero-order valence-electron chi connectivity index (χ0n) is 18.8. The maximum atomic E-state index is 12.2. The molecular formula is C26H26Cl2N2O3. The number of nitrogens with one attached hydrogen (secondary N) is 1. The van der Waals surface area contributed by atoms with Crippen molar-refractivity contribution in [3.63, 3.8) is 0 Å². The van der Waals surface area contributed by atoms with E-state index in [-0.39, 0.29) is 12.3 Å². The number of benzene rings is 3. The molecule has 0 saturated heterocycles. The second-order valence-electron chi connectivity index (χ2n) is 7.58. The van der Waals surface area contributed by atoms with Gasteiger partial charge in [-0.25, -0.2) is 5.43 Å². The van der Waals surface area contributed by atoms with Crippen LogP contribution in [-0.2, 0) is 17.8 Å². The first kappa shape index (κ1) is 24.6. The summed E-state index contributed by atoms with van der Waals surface area (Å²) in [6.45, 7) is 6.73. The highest BCUT2D eigenvalue weighted by molar-refractivity contribution is 6.42. The predicted octanol–water partition coefficient (Wildman–Crippen LogP) is 6.28. The summed E-state index contributed by atoms with van der Waals surface area (Å²) in [6, 6.07) is 16.9. The van der Waals surface area contributed by atoms with Gasteiger partial charge in [-0.1, -0.05) is 53.0 Å². The van der Waals surface area contributed by atoms with Crippen LogP contribution in [0.25, 0.3) is 0 Å². The first-order valence-electron chi connectivity index (χ1n) is 10.6. The summed E-state index contributed by atoms with van der Waals surface area (Å²) in [7, 11) is 0. The fourth-order valence-corrected chi connectivity index (χ4v) is 3.54.